The lowest BCUT2D eigenvalue weighted by Gasteiger charge is -2.18. The van der Waals surface area contributed by atoms with E-state index in [1.165, 1.54) is 45.6 Å². The molecule has 0 saturated heterocycles. The van der Waals surface area contributed by atoms with E-state index in [1.807, 2.05) is 60.7 Å². The molecule has 0 saturated carbocycles. The summed E-state index contributed by atoms with van der Waals surface area (Å²) in [5.74, 6) is -5.53. The number of phenolic OH excluding ortho intramolecular Hbond substituents is 5. The second kappa shape index (κ2) is 26.4. The van der Waals surface area contributed by atoms with Crippen LogP contribution in [0.2, 0.25) is 0 Å². The number of rotatable bonds is 17. The third kappa shape index (κ3) is 17.3. The molecule has 0 radical (unpaired) electrons. The van der Waals surface area contributed by atoms with Gasteiger partial charge in [0.2, 0.25) is 11.5 Å². The number of phenols is 5. The zero-order valence-electron chi connectivity index (χ0n) is 37.7. The second-order valence-electron chi connectivity index (χ2n) is 14.2. The first-order valence-corrected chi connectivity index (χ1v) is 20.1. The van der Waals surface area contributed by atoms with Gasteiger partial charge in [-0.3, -0.25) is 0 Å². The van der Waals surface area contributed by atoms with Crippen LogP contribution in [0.1, 0.15) is 69.9 Å². The number of aromatic hydroxyl groups is 5. The molecular weight excluding hydrogens is 881 g/mol. The lowest BCUT2D eigenvalue weighted by Crippen LogP contribution is -2.20. The zero-order valence-corrected chi connectivity index (χ0v) is 37.7. The van der Waals surface area contributed by atoms with Crippen LogP contribution in [-0.2, 0) is 46.5 Å². The molecular formula is C48H52O19. The highest BCUT2D eigenvalue weighted by atomic mass is 16.6. The fourth-order valence-corrected chi connectivity index (χ4v) is 5.32. The van der Waals surface area contributed by atoms with Crippen molar-refractivity contribution in [3.8, 4) is 51.7 Å². The average molecular weight is 933 g/mol. The minimum Gasteiger partial charge on any atom is -0.504 e. The van der Waals surface area contributed by atoms with Crippen molar-refractivity contribution in [1.29, 1.82) is 0 Å². The van der Waals surface area contributed by atoms with Gasteiger partial charge in [-0.05, 0) is 75.2 Å². The maximum atomic E-state index is 12.2. The van der Waals surface area contributed by atoms with Gasteiger partial charge in [0.15, 0.2) is 53.5 Å². The van der Waals surface area contributed by atoms with E-state index in [9.17, 15) is 34.2 Å². The summed E-state index contributed by atoms with van der Waals surface area (Å²) in [6.45, 7) is 6.33. The molecule has 0 aliphatic carbocycles. The molecule has 5 aromatic rings. The van der Waals surface area contributed by atoms with Gasteiger partial charge in [0, 0.05) is 0 Å². The van der Waals surface area contributed by atoms with Gasteiger partial charge in [-0.25, -0.2) is 24.0 Å². The molecule has 358 valence electrons. The van der Waals surface area contributed by atoms with Gasteiger partial charge in [-0.2, -0.15) is 0 Å². The van der Waals surface area contributed by atoms with E-state index < -0.39 is 60.3 Å². The first-order chi connectivity index (χ1) is 31.9. The molecule has 5 N–H and O–H groups in total. The number of hydrogen-bond acceptors (Lipinski definition) is 19. The number of carbonyl (C=O) groups is 5. The molecule has 0 aliphatic rings. The largest absolute Gasteiger partial charge is 0.504 e. The molecule has 19 nitrogen and oxygen atoms in total. The van der Waals surface area contributed by atoms with Crippen LogP contribution in [0.3, 0.4) is 0 Å². The van der Waals surface area contributed by atoms with Gasteiger partial charge in [0.25, 0.3) is 0 Å². The van der Waals surface area contributed by atoms with Crippen molar-refractivity contribution in [2.24, 2.45) is 0 Å². The highest BCUT2D eigenvalue weighted by molar-refractivity contribution is 5.92. The van der Waals surface area contributed by atoms with Gasteiger partial charge in [0.05, 0.1) is 50.2 Å². The number of benzene rings is 5. The monoisotopic (exact) mass is 932 g/mol. The zero-order chi connectivity index (χ0) is 49.6. The molecule has 0 amide bonds. The predicted molar refractivity (Wildman–Crippen MR) is 237 cm³/mol. The molecule has 0 atom stereocenters. The Morgan fingerprint density at radius 1 is 0.448 bits per heavy atom. The van der Waals surface area contributed by atoms with Crippen LogP contribution in [0, 0.1) is 0 Å². The lowest BCUT2D eigenvalue weighted by molar-refractivity contribution is -0.150. The first kappa shape index (κ1) is 53.0. The van der Waals surface area contributed by atoms with E-state index in [0.717, 1.165) is 23.3 Å². The third-order valence-corrected chi connectivity index (χ3v) is 8.28. The molecule has 5 aromatic carbocycles. The van der Waals surface area contributed by atoms with Crippen molar-refractivity contribution in [1.82, 2.24) is 0 Å². The van der Waals surface area contributed by atoms with E-state index in [4.69, 9.17) is 48.5 Å². The Morgan fingerprint density at radius 2 is 0.776 bits per heavy atom. The van der Waals surface area contributed by atoms with Gasteiger partial charge in [-0.1, -0.05) is 60.7 Å². The summed E-state index contributed by atoms with van der Waals surface area (Å²) < 4.78 is 46.4. The lowest BCUT2D eigenvalue weighted by atomic mass is 10.1. The molecule has 0 heterocycles. The Hall–Kier alpha value is -8.35. The summed E-state index contributed by atoms with van der Waals surface area (Å²) in [7, 11) is 3.61. The first-order valence-electron chi connectivity index (χ1n) is 20.1. The van der Waals surface area contributed by atoms with Crippen LogP contribution in [0.4, 0.5) is 0 Å². The van der Waals surface area contributed by atoms with Crippen LogP contribution < -0.4 is 18.9 Å². The Bertz CT molecular complexity index is 2340. The standard InChI is InChI=1S/C25H30O9.C15H14O5.C8H8O5/c1-16(2)33-22(26)14-30-20-11-19(25(28)29-5)12-21(31-15-23(27)34-17(3)4)24(20)32-13-18-9-7-6-8-10-18;1-19-15(18)11-7-12(16)14(13(17)8-11)20-9-10-5-3-2-4-6-10;1-13-8(12)4-2-5(9)7(11)6(10)3-4/h6-12,16-17H,13-15H2,1-5H3;2-8,16-17H,9H2,1H3;2-3,9-11H,1H3. The van der Waals surface area contributed by atoms with Gasteiger partial charge in [0.1, 0.15) is 13.2 Å². The highest BCUT2D eigenvalue weighted by Crippen LogP contribution is 2.41. The van der Waals surface area contributed by atoms with E-state index in [-0.39, 0.29) is 76.6 Å². The Balaban J connectivity index is 0.000000302. The van der Waals surface area contributed by atoms with Crippen LogP contribution in [0.15, 0.2) is 97.1 Å². The van der Waals surface area contributed by atoms with Crippen molar-refractivity contribution in [2.75, 3.05) is 34.5 Å². The van der Waals surface area contributed by atoms with Crippen molar-refractivity contribution in [3.63, 3.8) is 0 Å². The summed E-state index contributed by atoms with van der Waals surface area (Å²) in [6, 6.07) is 25.7. The maximum absolute atomic E-state index is 12.2. The number of esters is 5. The predicted octanol–water partition coefficient (Wildman–Crippen LogP) is 6.77. The smallest absolute Gasteiger partial charge is 0.344 e. The van der Waals surface area contributed by atoms with Gasteiger partial charge < -0.3 is 68.2 Å². The number of hydrogen-bond donors (Lipinski definition) is 5. The minimum absolute atomic E-state index is 0.0321. The fourth-order valence-electron chi connectivity index (χ4n) is 5.32. The molecule has 0 aromatic heterocycles. The topological polar surface area (TPSA) is 270 Å². The summed E-state index contributed by atoms with van der Waals surface area (Å²) in [5.41, 5.74) is 1.84. The van der Waals surface area contributed by atoms with Crippen molar-refractivity contribution < 1.29 is 92.1 Å². The summed E-state index contributed by atoms with van der Waals surface area (Å²) in [5, 5.41) is 46.6. The van der Waals surface area contributed by atoms with E-state index in [1.54, 1.807) is 27.7 Å². The molecule has 5 rings (SSSR count). The fraction of sp³-hybridized carbons (Fsp3) is 0.271. The normalized spacial score (nSPS) is 10.2. The quantitative estimate of drug-likeness (QED) is 0.0366. The Kier molecular flexibility index (Phi) is 20.9. The number of ether oxygens (including phenoxy) is 9. The van der Waals surface area contributed by atoms with Crippen LogP contribution in [0.5, 0.6) is 51.7 Å². The summed E-state index contributed by atoms with van der Waals surface area (Å²) >= 11 is 0. The summed E-state index contributed by atoms with van der Waals surface area (Å²) in [4.78, 5) is 58.5. The third-order valence-electron chi connectivity index (χ3n) is 8.28. The Labute approximate surface area is 385 Å². The minimum atomic E-state index is -0.703. The van der Waals surface area contributed by atoms with Crippen LogP contribution in [-0.4, -0.2) is 102 Å². The highest BCUT2D eigenvalue weighted by Gasteiger charge is 2.22. The van der Waals surface area contributed by atoms with Crippen molar-refractivity contribution in [3.05, 3.63) is 125 Å². The number of methoxy groups -OCH3 is 3. The molecule has 0 unspecified atom stereocenters. The van der Waals surface area contributed by atoms with Crippen LogP contribution >= 0.6 is 0 Å². The molecule has 0 bridgehead atoms. The van der Waals surface area contributed by atoms with E-state index in [2.05, 4.69) is 9.47 Å². The van der Waals surface area contributed by atoms with Gasteiger partial charge in [-0.15, -0.1) is 0 Å². The average Bonchev–Trinajstić information content (AvgIpc) is 3.30. The molecule has 0 fully saturated rings. The SMILES string of the molecule is COC(=O)c1cc(O)c(O)c(O)c1.COC(=O)c1cc(O)c(OCc2ccccc2)c(O)c1.COC(=O)c1cc(OCC(=O)OC(C)C)c(OCc2ccccc2)c(OCC(=O)OC(C)C)c1. The second-order valence-corrected chi connectivity index (χ2v) is 14.2. The summed E-state index contributed by atoms with van der Waals surface area (Å²) in [6.07, 6.45) is -0.644. The van der Waals surface area contributed by atoms with Crippen molar-refractivity contribution in [2.45, 2.75) is 53.1 Å². The molecule has 67 heavy (non-hydrogen) atoms. The Morgan fingerprint density at radius 3 is 1.12 bits per heavy atom. The number of carbonyl (C=O) groups excluding carboxylic acids is 5. The van der Waals surface area contributed by atoms with Crippen molar-refractivity contribution >= 4 is 29.8 Å². The van der Waals surface area contributed by atoms with Gasteiger partial charge >= 0.3 is 29.8 Å². The molecule has 19 heteroatoms. The van der Waals surface area contributed by atoms with E-state index >= 15 is 0 Å². The molecule has 0 spiro atoms. The van der Waals surface area contributed by atoms with E-state index in [0.29, 0.717) is 0 Å². The molecule has 0 aliphatic heterocycles. The van der Waals surface area contributed by atoms with Crippen LogP contribution in [0.25, 0.3) is 0 Å². The maximum Gasteiger partial charge on any atom is 0.344 e.